The maximum absolute atomic E-state index is 12.6. The number of alkyl halides is 3. The number of halogens is 3. The van der Waals surface area contributed by atoms with Crippen molar-refractivity contribution >= 4 is 0 Å². The molecular weight excluding hydrogens is 509 g/mol. The molecular formula is C35H53F3O2. The lowest BCUT2D eigenvalue weighted by atomic mass is 9.42. The van der Waals surface area contributed by atoms with E-state index in [-0.39, 0.29) is 23.2 Å². The second-order valence-electron chi connectivity index (χ2n) is 15.3. The van der Waals surface area contributed by atoms with Gasteiger partial charge in [-0.3, -0.25) is 0 Å². The molecule has 226 valence electrons. The Balaban J connectivity index is 1.28. The molecule has 0 aliphatic heterocycles. The summed E-state index contributed by atoms with van der Waals surface area (Å²) in [6.45, 7) is 12.4. The van der Waals surface area contributed by atoms with Gasteiger partial charge in [0, 0.05) is 0 Å². The van der Waals surface area contributed by atoms with E-state index in [1.54, 1.807) is 12.1 Å². The van der Waals surface area contributed by atoms with Crippen LogP contribution < -0.4 is 4.74 Å². The number of rotatable bonds is 8. The van der Waals surface area contributed by atoms with E-state index >= 15 is 0 Å². The zero-order valence-electron chi connectivity index (χ0n) is 25.5. The molecule has 4 aliphatic carbocycles. The van der Waals surface area contributed by atoms with E-state index < -0.39 is 6.36 Å². The molecule has 0 heterocycles. The lowest BCUT2D eigenvalue weighted by Gasteiger charge is -2.63. The summed E-state index contributed by atoms with van der Waals surface area (Å²) in [6.07, 6.45) is 9.69. The minimum absolute atomic E-state index is 0.166. The van der Waals surface area contributed by atoms with Gasteiger partial charge in [0.05, 0.1) is 6.10 Å². The van der Waals surface area contributed by atoms with Gasteiger partial charge in [0.15, 0.2) is 0 Å². The van der Waals surface area contributed by atoms with Crippen LogP contribution in [-0.2, 0) is 6.42 Å². The number of fused-ring (bicyclic) bond motifs is 5. The van der Waals surface area contributed by atoms with Gasteiger partial charge >= 0.3 is 6.36 Å². The molecule has 5 heteroatoms. The lowest BCUT2D eigenvalue weighted by molar-refractivity contribution is -0.274. The van der Waals surface area contributed by atoms with Gasteiger partial charge in [-0.1, -0.05) is 66.0 Å². The summed E-state index contributed by atoms with van der Waals surface area (Å²) in [5.41, 5.74) is 1.72. The third kappa shape index (κ3) is 5.84. The third-order valence-electron chi connectivity index (χ3n) is 12.8. The molecule has 0 amide bonds. The number of ether oxygens (including phenoxy) is 1. The first-order valence-corrected chi connectivity index (χ1v) is 16.3. The Labute approximate surface area is 240 Å². The van der Waals surface area contributed by atoms with Gasteiger partial charge in [-0.05, 0) is 134 Å². The quantitative estimate of drug-likeness (QED) is 0.342. The van der Waals surface area contributed by atoms with Crippen molar-refractivity contribution in [3.63, 3.8) is 0 Å². The lowest BCUT2D eigenvalue weighted by Crippen LogP contribution is -2.57. The summed E-state index contributed by atoms with van der Waals surface area (Å²) in [5.74, 6) is 5.32. The number of hydrogen-bond acceptors (Lipinski definition) is 2. The van der Waals surface area contributed by atoms with Crippen molar-refractivity contribution in [3.8, 4) is 5.75 Å². The Morgan fingerprint density at radius 1 is 0.850 bits per heavy atom. The molecule has 40 heavy (non-hydrogen) atoms. The molecule has 0 radical (unpaired) electrons. The van der Waals surface area contributed by atoms with E-state index in [4.69, 9.17) is 0 Å². The highest BCUT2D eigenvalue weighted by atomic mass is 19.4. The standard InChI is InChI=1S/C35H53F3O2/c1-22(2)7-6-8-23(3)28-15-16-29-26-13-14-30-27(21-24-9-11-25(12-10-24)40-35(36,37)38)32(39)18-20-34(30,5)31(26)17-19-33(28,29)4/h9-12,22-23,26-32,39H,6-8,13-21H2,1-5H3/t23-,26+,27+,28-,29+,30?,31+,32-,33-,34+/m1/s1. The minimum Gasteiger partial charge on any atom is -0.406 e. The van der Waals surface area contributed by atoms with Crippen LogP contribution in [0.25, 0.3) is 0 Å². The van der Waals surface area contributed by atoms with Crippen LogP contribution in [0, 0.1) is 58.2 Å². The molecule has 0 aromatic heterocycles. The molecule has 10 atom stereocenters. The second-order valence-corrected chi connectivity index (χ2v) is 15.3. The SMILES string of the molecule is CC(C)CCC[C@@H](C)[C@H]1CC[C@H]2[C@@H]3CCC4[C@H](Cc5ccc(OC(F)(F)F)cc5)[C@H](O)CC[C@]4(C)[C@H]3CC[C@]12C. The van der Waals surface area contributed by atoms with Gasteiger partial charge in [-0.15, -0.1) is 13.2 Å². The van der Waals surface area contributed by atoms with Crippen molar-refractivity contribution < 1.29 is 23.0 Å². The Bertz CT molecular complexity index is 989. The van der Waals surface area contributed by atoms with Crippen LogP contribution >= 0.6 is 0 Å². The summed E-state index contributed by atoms with van der Waals surface area (Å²) in [6, 6.07) is 6.32. The van der Waals surface area contributed by atoms with Crippen LogP contribution in [0.1, 0.15) is 111 Å². The minimum atomic E-state index is -4.68. The summed E-state index contributed by atoms with van der Waals surface area (Å²) in [7, 11) is 0. The van der Waals surface area contributed by atoms with Crippen LogP contribution in [0.4, 0.5) is 13.2 Å². The van der Waals surface area contributed by atoms with E-state index in [0.29, 0.717) is 11.3 Å². The number of benzene rings is 1. The van der Waals surface area contributed by atoms with E-state index in [2.05, 4.69) is 39.4 Å². The highest BCUT2D eigenvalue weighted by Crippen LogP contribution is 2.69. The molecule has 4 fully saturated rings. The summed E-state index contributed by atoms with van der Waals surface area (Å²) < 4.78 is 41.9. The topological polar surface area (TPSA) is 29.5 Å². The van der Waals surface area contributed by atoms with Crippen molar-refractivity contribution in [1.82, 2.24) is 0 Å². The maximum Gasteiger partial charge on any atom is 0.573 e. The molecule has 1 aromatic rings. The van der Waals surface area contributed by atoms with Crippen LogP contribution in [0.15, 0.2) is 24.3 Å². The molecule has 5 rings (SSSR count). The summed E-state index contributed by atoms with van der Waals surface area (Å²) in [5, 5.41) is 11.2. The molecule has 1 unspecified atom stereocenters. The molecule has 4 aliphatic rings. The molecule has 0 bridgehead atoms. The Morgan fingerprint density at radius 2 is 1.50 bits per heavy atom. The fourth-order valence-electron chi connectivity index (χ4n) is 10.9. The van der Waals surface area contributed by atoms with Crippen molar-refractivity contribution in [1.29, 1.82) is 0 Å². The smallest absolute Gasteiger partial charge is 0.406 e. The fourth-order valence-corrected chi connectivity index (χ4v) is 10.9. The van der Waals surface area contributed by atoms with Gasteiger partial charge in [0.2, 0.25) is 0 Å². The van der Waals surface area contributed by atoms with Crippen molar-refractivity contribution in [3.05, 3.63) is 29.8 Å². The maximum atomic E-state index is 12.6. The first-order valence-electron chi connectivity index (χ1n) is 16.3. The predicted molar refractivity (Wildman–Crippen MR) is 155 cm³/mol. The first kappa shape index (κ1) is 30.2. The fraction of sp³-hybridized carbons (Fsp3) is 0.829. The zero-order chi connectivity index (χ0) is 28.9. The molecule has 0 saturated heterocycles. The molecule has 1 aromatic carbocycles. The van der Waals surface area contributed by atoms with Gasteiger partial charge in [-0.2, -0.15) is 0 Å². The third-order valence-corrected chi connectivity index (χ3v) is 12.8. The Morgan fingerprint density at radius 3 is 2.17 bits per heavy atom. The van der Waals surface area contributed by atoms with Gasteiger partial charge in [0.1, 0.15) is 5.75 Å². The van der Waals surface area contributed by atoms with Crippen molar-refractivity contribution in [2.45, 2.75) is 124 Å². The molecule has 0 spiro atoms. The molecule has 4 saturated carbocycles. The van der Waals surface area contributed by atoms with Gasteiger partial charge < -0.3 is 9.84 Å². The summed E-state index contributed by atoms with van der Waals surface area (Å²) >= 11 is 0. The highest BCUT2D eigenvalue weighted by molar-refractivity contribution is 5.28. The van der Waals surface area contributed by atoms with Crippen molar-refractivity contribution in [2.75, 3.05) is 0 Å². The normalized spacial score (nSPS) is 40.3. The monoisotopic (exact) mass is 562 g/mol. The van der Waals surface area contributed by atoms with Gasteiger partial charge in [0.25, 0.3) is 0 Å². The average Bonchev–Trinajstić information content (AvgIpc) is 3.23. The van der Waals surface area contributed by atoms with Crippen LogP contribution in [0.3, 0.4) is 0 Å². The van der Waals surface area contributed by atoms with E-state index in [0.717, 1.165) is 60.3 Å². The number of aliphatic hydroxyl groups is 1. The Hall–Kier alpha value is -1.23. The zero-order valence-corrected chi connectivity index (χ0v) is 25.5. The Kier molecular flexibility index (Phi) is 8.66. The van der Waals surface area contributed by atoms with E-state index in [1.165, 1.54) is 69.9 Å². The van der Waals surface area contributed by atoms with Crippen molar-refractivity contribution in [2.24, 2.45) is 58.2 Å². The number of aliphatic hydroxyl groups excluding tert-OH is 1. The highest BCUT2D eigenvalue weighted by Gasteiger charge is 2.61. The average molecular weight is 563 g/mol. The summed E-state index contributed by atoms with van der Waals surface area (Å²) in [4.78, 5) is 0. The molecule has 2 nitrogen and oxygen atoms in total. The van der Waals surface area contributed by atoms with E-state index in [9.17, 15) is 18.3 Å². The van der Waals surface area contributed by atoms with Crippen LogP contribution in [0.2, 0.25) is 0 Å². The molecule has 1 N–H and O–H groups in total. The van der Waals surface area contributed by atoms with Crippen LogP contribution in [0.5, 0.6) is 5.75 Å². The van der Waals surface area contributed by atoms with Crippen LogP contribution in [-0.4, -0.2) is 17.6 Å². The van der Waals surface area contributed by atoms with Gasteiger partial charge in [-0.25, -0.2) is 0 Å². The number of hydrogen-bond donors (Lipinski definition) is 1. The van der Waals surface area contributed by atoms with E-state index in [1.807, 2.05) is 0 Å². The second kappa shape index (κ2) is 11.5. The first-order chi connectivity index (χ1) is 18.8. The predicted octanol–water partition coefficient (Wildman–Crippen LogP) is 9.84. The largest absolute Gasteiger partial charge is 0.573 e.